The first-order valence-corrected chi connectivity index (χ1v) is 19.7. The number of hydrogen-bond acceptors (Lipinski definition) is 9. The van der Waals surface area contributed by atoms with Gasteiger partial charge in [0.1, 0.15) is 23.2 Å². The number of hydrogen-bond donors (Lipinski definition) is 1. The Morgan fingerprint density at radius 3 is 2.47 bits per heavy atom. The maximum atomic E-state index is 14.7. The fourth-order valence-corrected chi connectivity index (χ4v) is 8.38. The number of amides is 3. The number of aromatic nitrogens is 1. The quantitative estimate of drug-likeness (QED) is 0.116. The van der Waals surface area contributed by atoms with Crippen molar-refractivity contribution in [1.29, 1.82) is 5.26 Å². The lowest BCUT2D eigenvalue weighted by molar-refractivity contribution is -0.138. The van der Waals surface area contributed by atoms with Gasteiger partial charge in [0.2, 0.25) is 11.8 Å². The Kier molecular flexibility index (Phi) is 12.6. The second kappa shape index (κ2) is 17.3. The molecule has 1 atom stereocenters. The number of carbonyl (C=O) groups is 4. The number of ether oxygens (including phenoxy) is 1. The normalized spacial score (nSPS) is 19.0. The number of anilines is 2. The molecular formula is C42H44F4N6O5S. The molecule has 6 rings (SSSR count). The molecule has 0 saturated carbocycles. The van der Waals surface area contributed by atoms with E-state index in [0.717, 1.165) is 54.6 Å². The van der Waals surface area contributed by atoms with E-state index in [1.807, 2.05) is 13.0 Å². The van der Waals surface area contributed by atoms with Crippen molar-refractivity contribution >= 4 is 52.2 Å². The van der Waals surface area contributed by atoms with Gasteiger partial charge in [0.25, 0.3) is 5.91 Å². The number of thiocarbonyl (C=S) groups is 1. The number of nitrogens with zero attached hydrogens (tertiary/aromatic N) is 5. The first-order chi connectivity index (χ1) is 27.5. The average Bonchev–Trinajstić information content (AvgIpc) is 3.36. The second-order valence-corrected chi connectivity index (χ2v) is 15.9. The number of Topliss-reactive ketones (excluding diaryl/α,β-unsaturated/α-hetero) is 1. The third-order valence-corrected chi connectivity index (χ3v) is 11.5. The predicted octanol–water partition coefficient (Wildman–Crippen LogP) is 6.48. The van der Waals surface area contributed by atoms with Crippen LogP contribution in [0.25, 0.3) is 0 Å². The molecule has 3 saturated heterocycles. The van der Waals surface area contributed by atoms with Crippen molar-refractivity contribution in [3.05, 3.63) is 82.4 Å². The average molecular weight is 821 g/mol. The zero-order valence-electron chi connectivity index (χ0n) is 32.5. The SMILES string of the molecule is CCc1cc(N2C(=S)N(c3cnc(C#N)c(C(F)(F)F)c3)C(=O)C2(C)C)ccc1OCCC1CCN(CC(=O)Cc2cc(CC3CCC(=O)NC3=O)ccc2F)CC1. The molecule has 11 nitrogen and oxygen atoms in total. The number of imide groups is 1. The molecule has 1 unspecified atom stereocenters. The van der Waals surface area contributed by atoms with Crippen molar-refractivity contribution in [2.75, 3.05) is 36.0 Å². The van der Waals surface area contributed by atoms with Crippen LogP contribution in [0.4, 0.5) is 28.9 Å². The molecule has 3 fully saturated rings. The highest BCUT2D eigenvalue weighted by atomic mass is 32.1. The molecular weight excluding hydrogens is 777 g/mol. The van der Waals surface area contributed by atoms with E-state index in [1.165, 1.54) is 12.1 Å². The Morgan fingerprint density at radius 1 is 1.05 bits per heavy atom. The van der Waals surface area contributed by atoms with Gasteiger partial charge in [-0.15, -0.1) is 0 Å². The lowest BCUT2D eigenvalue weighted by Crippen LogP contribution is -2.44. The van der Waals surface area contributed by atoms with E-state index < -0.39 is 34.7 Å². The van der Waals surface area contributed by atoms with E-state index in [-0.39, 0.29) is 53.7 Å². The van der Waals surface area contributed by atoms with Crippen molar-refractivity contribution in [3.63, 3.8) is 0 Å². The minimum atomic E-state index is -4.86. The minimum absolute atomic E-state index is 0.0261. The Hall–Kier alpha value is -5.27. The number of pyridine rings is 1. The molecule has 58 heavy (non-hydrogen) atoms. The zero-order chi connectivity index (χ0) is 41.9. The van der Waals surface area contributed by atoms with Gasteiger partial charge in [-0.05, 0) is 131 Å². The molecule has 0 radical (unpaired) electrons. The number of benzene rings is 2. The van der Waals surface area contributed by atoms with Gasteiger partial charge in [-0.3, -0.25) is 34.3 Å². The number of halogens is 4. The summed E-state index contributed by atoms with van der Waals surface area (Å²) in [5.74, 6) is -1.04. The Morgan fingerprint density at radius 2 is 1.79 bits per heavy atom. The van der Waals surface area contributed by atoms with Gasteiger partial charge in [0, 0.05) is 24.4 Å². The molecule has 3 aliphatic heterocycles. The minimum Gasteiger partial charge on any atom is -0.493 e. The molecule has 16 heteroatoms. The van der Waals surface area contributed by atoms with Gasteiger partial charge in [-0.25, -0.2) is 9.37 Å². The summed E-state index contributed by atoms with van der Waals surface area (Å²) in [7, 11) is 0. The fourth-order valence-electron chi connectivity index (χ4n) is 7.85. The lowest BCUT2D eigenvalue weighted by atomic mass is 9.90. The molecule has 0 aliphatic carbocycles. The van der Waals surface area contributed by atoms with Gasteiger partial charge in [0.15, 0.2) is 16.6 Å². The largest absolute Gasteiger partial charge is 0.493 e. The van der Waals surface area contributed by atoms with E-state index in [9.17, 15) is 36.7 Å². The van der Waals surface area contributed by atoms with Gasteiger partial charge in [-0.2, -0.15) is 18.4 Å². The molecule has 2 aromatic carbocycles. The van der Waals surface area contributed by atoms with Gasteiger partial charge in [0.05, 0.1) is 30.6 Å². The molecule has 0 spiro atoms. The molecule has 3 amide bonds. The van der Waals surface area contributed by atoms with Gasteiger partial charge >= 0.3 is 6.18 Å². The molecule has 1 N–H and O–H groups in total. The van der Waals surface area contributed by atoms with Crippen LogP contribution >= 0.6 is 12.2 Å². The number of aryl methyl sites for hydroxylation is 1. The summed E-state index contributed by atoms with van der Waals surface area (Å²) in [5.41, 5.74) is -1.03. The summed E-state index contributed by atoms with van der Waals surface area (Å²) in [6, 6.07) is 12.2. The number of ketones is 1. The summed E-state index contributed by atoms with van der Waals surface area (Å²) in [5, 5.41) is 11.5. The monoisotopic (exact) mass is 820 g/mol. The van der Waals surface area contributed by atoms with Crippen LogP contribution in [0.5, 0.6) is 5.75 Å². The lowest BCUT2D eigenvalue weighted by Gasteiger charge is -2.31. The Labute approximate surface area is 339 Å². The van der Waals surface area contributed by atoms with Crippen molar-refractivity contribution in [2.24, 2.45) is 11.8 Å². The highest BCUT2D eigenvalue weighted by Gasteiger charge is 2.51. The van der Waals surface area contributed by atoms with Crippen LogP contribution in [0.1, 0.15) is 80.8 Å². The number of alkyl halides is 3. The smallest absolute Gasteiger partial charge is 0.419 e. The second-order valence-electron chi connectivity index (χ2n) is 15.5. The first-order valence-electron chi connectivity index (χ1n) is 19.3. The van der Waals surface area contributed by atoms with Gasteiger partial charge < -0.3 is 9.64 Å². The molecule has 3 aromatic rings. The van der Waals surface area contributed by atoms with Crippen LogP contribution in [-0.4, -0.2) is 70.3 Å². The van der Waals surface area contributed by atoms with Gasteiger partial charge in [-0.1, -0.05) is 19.1 Å². The van der Waals surface area contributed by atoms with E-state index in [2.05, 4.69) is 15.2 Å². The van der Waals surface area contributed by atoms with Crippen molar-refractivity contribution in [1.82, 2.24) is 15.2 Å². The van der Waals surface area contributed by atoms with E-state index in [1.54, 1.807) is 43.0 Å². The van der Waals surface area contributed by atoms with Crippen LogP contribution in [0, 0.1) is 29.0 Å². The fraction of sp³-hybridized carbons (Fsp3) is 0.452. The highest BCUT2D eigenvalue weighted by molar-refractivity contribution is 7.81. The summed E-state index contributed by atoms with van der Waals surface area (Å²) < 4.78 is 62.1. The summed E-state index contributed by atoms with van der Waals surface area (Å²) in [6.45, 7) is 7.34. The molecule has 1 aromatic heterocycles. The number of nitrogens with one attached hydrogen (secondary N) is 1. The molecule has 3 aliphatic rings. The standard InChI is InChI=1S/C42H44F4N6O5S/c1-4-27-19-30(52-40(58)51(39(56)41(52,2)3)31-21-33(42(44,45)46)35(22-47)48-23-31)7-9-36(27)57-16-13-25-11-14-50(15-12-25)24-32(53)20-29-18-26(5-8-34(29)43)17-28-6-10-37(54)49-38(28)55/h5,7-9,18-19,21,23,25,28H,4,6,10-17,20,24H2,1-3H3,(H,49,54,55). The summed E-state index contributed by atoms with van der Waals surface area (Å²) in [4.78, 5) is 58.7. The molecule has 0 bridgehead atoms. The van der Waals surface area contributed by atoms with Crippen molar-refractivity contribution in [2.45, 2.75) is 83.9 Å². The number of nitriles is 1. The third kappa shape index (κ3) is 9.21. The number of likely N-dealkylation sites (tertiary alicyclic amines) is 1. The highest BCUT2D eigenvalue weighted by Crippen LogP contribution is 2.40. The summed E-state index contributed by atoms with van der Waals surface area (Å²) >= 11 is 5.68. The Balaban J connectivity index is 1.00. The van der Waals surface area contributed by atoms with Crippen LogP contribution in [0.15, 0.2) is 48.7 Å². The topological polar surface area (TPSA) is 136 Å². The summed E-state index contributed by atoms with van der Waals surface area (Å²) in [6.07, 6.45) is 0.339. The van der Waals surface area contributed by atoms with Crippen LogP contribution < -0.4 is 19.9 Å². The van der Waals surface area contributed by atoms with Crippen LogP contribution in [-0.2, 0) is 44.6 Å². The molecule has 4 heterocycles. The first kappa shape index (κ1) is 42.3. The maximum absolute atomic E-state index is 14.7. The van der Waals surface area contributed by atoms with Crippen molar-refractivity contribution < 1.29 is 41.5 Å². The Bertz CT molecular complexity index is 2160. The van der Waals surface area contributed by atoms with E-state index >= 15 is 0 Å². The van der Waals surface area contributed by atoms with E-state index in [0.29, 0.717) is 54.9 Å². The van der Waals surface area contributed by atoms with Crippen LogP contribution in [0.2, 0.25) is 0 Å². The number of carbonyl (C=O) groups excluding carboxylic acids is 4. The zero-order valence-corrected chi connectivity index (χ0v) is 33.3. The van der Waals surface area contributed by atoms with Crippen LogP contribution in [0.3, 0.4) is 0 Å². The number of rotatable bonds is 13. The predicted molar refractivity (Wildman–Crippen MR) is 210 cm³/mol. The number of piperidine rings is 2. The third-order valence-electron chi connectivity index (χ3n) is 11.1. The van der Waals surface area contributed by atoms with E-state index in [4.69, 9.17) is 22.2 Å². The van der Waals surface area contributed by atoms with Crippen molar-refractivity contribution in [3.8, 4) is 11.8 Å². The molecule has 306 valence electrons. The maximum Gasteiger partial charge on any atom is 0.419 e.